The SMILES string of the molecule is C[C@@H](NP(=O)(Oc1ccc(Cl)cc1)Oc1ccc(Cl)cc1)c1ccccc1. The van der Waals surface area contributed by atoms with Crippen molar-refractivity contribution in [2.24, 2.45) is 0 Å². The Morgan fingerprint density at radius 3 is 1.67 bits per heavy atom. The summed E-state index contributed by atoms with van der Waals surface area (Å²) in [5.41, 5.74) is 0.956. The standard InChI is InChI=1S/C20H18Cl2NO3P/c1-15(16-5-3-2-4-6-16)23-27(24,25-19-11-7-17(21)8-12-19)26-20-13-9-18(22)10-14-20/h2-15H,1H3,(H,23,24)/t15-/m1/s1. The van der Waals surface area contributed by atoms with Crippen LogP contribution in [-0.4, -0.2) is 0 Å². The Morgan fingerprint density at radius 2 is 1.22 bits per heavy atom. The van der Waals surface area contributed by atoms with E-state index in [2.05, 4.69) is 5.09 Å². The van der Waals surface area contributed by atoms with Crippen LogP contribution in [0.3, 0.4) is 0 Å². The van der Waals surface area contributed by atoms with Crippen LogP contribution in [-0.2, 0) is 4.57 Å². The molecule has 0 aliphatic rings. The second-order valence-electron chi connectivity index (χ2n) is 5.85. The van der Waals surface area contributed by atoms with E-state index < -0.39 is 7.75 Å². The van der Waals surface area contributed by atoms with Crippen molar-refractivity contribution in [2.75, 3.05) is 0 Å². The highest BCUT2D eigenvalue weighted by molar-refractivity contribution is 7.52. The Kier molecular flexibility index (Phi) is 6.46. The quantitative estimate of drug-likeness (QED) is 0.421. The number of rotatable bonds is 7. The van der Waals surface area contributed by atoms with Gasteiger partial charge in [0.05, 0.1) is 0 Å². The molecule has 1 N–H and O–H groups in total. The van der Waals surface area contributed by atoms with E-state index in [1.807, 2.05) is 37.3 Å². The lowest BCUT2D eigenvalue weighted by molar-refractivity contribution is 0.363. The average Bonchev–Trinajstić information content (AvgIpc) is 2.66. The number of hydrogen-bond donors (Lipinski definition) is 1. The number of benzene rings is 3. The molecule has 0 spiro atoms. The van der Waals surface area contributed by atoms with Gasteiger partial charge in [0, 0.05) is 16.1 Å². The van der Waals surface area contributed by atoms with Gasteiger partial charge in [-0.05, 0) is 61.0 Å². The average molecular weight is 422 g/mol. The number of nitrogens with one attached hydrogen (secondary N) is 1. The highest BCUT2D eigenvalue weighted by atomic mass is 35.5. The van der Waals surface area contributed by atoms with Gasteiger partial charge in [-0.3, -0.25) is 0 Å². The molecular weight excluding hydrogens is 404 g/mol. The molecule has 27 heavy (non-hydrogen) atoms. The lowest BCUT2D eigenvalue weighted by Gasteiger charge is -2.24. The molecule has 0 heterocycles. The normalized spacial score (nSPS) is 12.4. The van der Waals surface area contributed by atoms with Crippen LogP contribution in [0, 0.1) is 0 Å². The third kappa shape index (κ3) is 5.75. The highest BCUT2D eigenvalue weighted by Crippen LogP contribution is 2.47. The van der Waals surface area contributed by atoms with Crippen LogP contribution in [0.1, 0.15) is 18.5 Å². The van der Waals surface area contributed by atoms with Crippen molar-refractivity contribution in [2.45, 2.75) is 13.0 Å². The van der Waals surface area contributed by atoms with E-state index in [4.69, 9.17) is 32.2 Å². The van der Waals surface area contributed by atoms with E-state index in [-0.39, 0.29) is 6.04 Å². The Morgan fingerprint density at radius 1 is 0.778 bits per heavy atom. The summed E-state index contributed by atoms with van der Waals surface area (Å²) >= 11 is 11.8. The predicted octanol–water partition coefficient (Wildman–Crippen LogP) is 6.91. The third-order valence-electron chi connectivity index (χ3n) is 3.73. The Hall–Kier alpha value is -1.97. The fraction of sp³-hybridized carbons (Fsp3) is 0.100. The lowest BCUT2D eigenvalue weighted by atomic mass is 10.1. The van der Waals surface area contributed by atoms with Crippen LogP contribution in [0.4, 0.5) is 0 Å². The smallest absolute Gasteiger partial charge is 0.405 e. The number of hydrogen-bond acceptors (Lipinski definition) is 3. The minimum absolute atomic E-state index is 0.267. The summed E-state index contributed by atoms with van der Waals surface area (Å²) in [6, 6.07) is 22.5. The fourth-order valence-electron chi connectivity index (χ4n) is 2.39. The lowest BCUT2D eigenvalue weighted by Crippen LogP contribution is -2.22. The van der Waals surface area contributed by atoms with Crippen molar-refractivity contribution < 1.29 is 13.6 Å². The first-order valence-corrected chi connectivity index (χ1v) is 10.6. The second-order valence-corrected chi connectivity index (χ2v) is 8.34. The van der Waals surface area contributed by atoms with Crippen molar-refractivity contribution >= 4 is 30.9 Å². The predicted molar refractivity (Wildman–Crippen MR) is 110 cm³/mol. The van der Waals surface area contributed by atoms with Gasteiger partial charge in [0.1, 0.15) is 11.5 Å². The molecule has 4 nitrogen and oxygen atoms in total. The Labute approximate surface area is 168 Å². The second kappa shape index (κ2) is 8.81. The molecule has 0 saturated carbocycles. The molecule has 0 saturated heterocycles. The van der Waals surface area contributed by atoms with Crippen molar-refractivity contribution in [3.05, 3.63) is 94.5 Å². The molecule has 0 aliphatic heterocycles. The molecule has 7 heteroatoms. The largest absolute Gasteiger partial charge is 0.513 e. The zero-order valence-electron chi connectivity index (χ0n) is 14.5. The molecule has 0 aromatic heterocycles. The molecule has 0 unspecified atom stereocenters. The van der Waals surface area contributed by atoms with Crippen LogP contribution in [0.5, 0.6) is 11.5 Å². The highest BCUT2D eigenvalue weighted by Gasteiger charge is 2.31. The third-order valence-corrected chi connectivity index (χ3v) is 5.84. The molecule has 0 radical (unpaired) electrons. The zero-order chi connectivity index (χ0) is 19.3. The van der Waals surface area contributed by atoms with E-state index in [9.17, 15) is 4.57 Å². The minimum atomic E-state index is -3.75. The molecule has 140 valence electrons. The molecule has 0 amide bonds. The summed E-state index contributed by atoms with van der Waals surface area (Å²) in [5, 5.41) is 4.09. The van der Waals surface area contributed by atoms with Crippen LogP contribution in [0.2, 0.25) is 10.0 Å². The van der Waals surface area contributed by atoms with Gasteiger partial charge in [-0.25, -0.2) is 4.57 Å². The summed E-state index contributed by atoms with van der Waals surface area (Å²) in [6.45, 7) is 1.89. The van der Waals surface area contributed by atoms with Crippen LogP contribution in [0.25, 0.3) is 0 Å². The molecule has 3 aromatic rings. The maximum atomic E-state index is 13.5. The fourth-order valence-corrected chi connectivity index (χ4v) is 4.21. The van der Waals surface area contributed by atoms with Gasteiger partial charge >= 0.3 is 7.75 Å². The van der Waals surface area contributed by atoms with Gasteiger partial charge in [-0.15, -0.1) is 0 Å². The summed E-state index contributed by atoms with van der Waals surface area (Å²) in [7, 11) is -3.75. The van der Waals surface area contributed by atoms with Gasteiger partial charge in [0.2, 0.25) is 0 Å². The molecule has 3 aromatic carbocycles. The maximum absolute atomic E-state index is 13.5. The molecule has 0 aliphatic carbocycles. The van der Waals surface area contributed by atoms with Crippen LogP contribution < -0.4 is 14.1 Å². The van der Waals surface area contributed by atoms with Gasteiger partial charge in [-0.1, -0.05) is 53.5 Å². The molecule has 3 rings (SSSR count). The van der Waals surface area contributed by atoms with E-state index >= 15 is 0 Å². The van der Waals surface area contributed by atoms with Gasteiger partial charge < -0.3 is 9.05 Å². The summed E-state index contributed by atoms with van der Waals surface area (Å²) in [4.78, 5) is 0. The van der Waals surface area contributed by atoms with Crippen molar-refractivity contribution in [3.63, 3.8) is 0 Å². The van der Waals surface area contributed by atoms with Crippen molar-refractivity contribution in [1.29, 1.82) is 0 Å². The Bertz CT molecular complexity index is 867. The van der Waals surface area contributed by atoms with Crippen LogP contribution in [0.15, 0.2) is 78.9 Å². The van der Waals surface area contributed by atoms with Gasteiger partial charge in [0.25, 0.3) is 0 Å². The topological polar surface area (TPSA) is 47.6 Å². The molecule has 0 bridgehead atoms. The van der Waals surface area contributed by atoms with E-state index in [1.54, 1.807) is 48.5 Å². The van der Waals surface area contributed by atoms with Crippen LogP contribution >= 0.6 is 30.9 Å². The first-order valence-electron chi connectivity index (χ1n) is 8.27. The first-order chi connectivity index (χ1) is 12.9. The minimum Gasteiger partial charge on any atom is -0.405 e. The monoisotopic (exact) mass is 421 g/mol. The maximum Gasteiger partial charge on any atom is 0.513 e. The summed E-state index contributed by atoms with van der Waals surface area (Å²) < 4.78 is 24.9. The van der Waals surface area contributed by atoms with E-state index in [1.165, 1.54) is 0 Å². The van der Waals surface area contributed by atoms with Crippen molar-refractivity contribution in [3.8, 4) is 11.5 Å². The zero-order valence-corrected chi connectivity index (χ0v) is 16.9. The molecule has 0 fully saturated rings. The van der Waals surface area contributed by atoms with E-state index in [0.29, 0.717) is 21.5 Å². The number of halogens is 2. The first kappa shape index (κ1) is 19.8. The Balaban J connectivity index is 1.85. The van der Waals surface area contributed by atoms with E-state index in [0.717, 1.165) is 5.56 Å². The van der Waals surface area contributed by atoms with Gasteiger partial charge in [-0.2, -0.15) is 5.09 Å². The van der Waals surface area contributed by atoms with Crippen molar-refractivity contribution in [1.82, 2.24) is 5.09 Å². The van der Waals surface area contributed by atoms with Gasteiger partial charge in [0.15, 0.2) is 0 Å². The molecule has 1 atom stereocenters. The summed E-state index contributed by atoms with van der Waals surface area (Å²) in [6.07, 6.45) is 0. The molecular formula is C20H18Cl2NO3P. The summed E-state index contributed by atoms with van der Waals surface area (Å²) in [5.74, 6) is 0.758.